The first-order valence-electron chi connectivity index (χ1n) is 7.60. The second-order valence-corrected chi connectivity index (χ2v) is 5.65. The van der Waals surface area contributed by atoms with Gasteiger partial charge in [-0.05, 0) is 36.3 Å². The van der Waals surface area contributed by atoms with Crippen LogP contribution in [-0.2, 0) is 6.42 Å². The van der Waals surface area contributed by atoms with E-state index in [-0.39, 0.29) is 6.04 Å². The van der Waals surface area contributed by atoms with Crippen molar-refractivity contribution < 1.29 is 5.11 Å². The zero-order chi connectivity index (χ0) is 14.3. The Kier molecular flexibility index (Phi) is 7.11. The van der Waals surface area contributed by atoms with Crippen LogP contribution in [0.3, 0.4) is 0 Å². The molecule has 0 radical (unpaired) electrons. The van der Waals surface area contributed by atoms with Gasteiger partial charge in [0, 0.05) is 6.04 Å². The molecule has 19 heavy (non-hydrogen) atoms. The normalized spacial score (nSPS) is 16.1. The van der Waals surface area contributed by atoms with Gasteiger partial charge in [0.1, 0.15) is 0 Å². The molecule has 0 bridgehead atoms. The molecule has 1 aromatic carbocycles. The lowest BCUT2D eigenvalue weighted by atomic mass is 9.90. The van der Waals surface area contributed by atoms with Crippen molar-refractivity contribution in [2.24, 2.45) is 5.73 Å². The van der Waals surface area contributed by atoms with E-state index >= 15 is 0 Å². The van der Waals surface area contributed by atoms with Gasteiger partial charge in [-0.25, -0.2) is 0 Å². The summed E-state index contributed by atoms with van der Waals surface area (Å²) in [5, 5.41) is 10.1. The van der Waals surface area contributed by atoms with Crippen molar-refractivity contribution in [2.45, 2.75) is 70.9 Å². The van der Waals surface area contributed by atoms with Crippen molar-refractivity contribution in [1.82, 2.24) is 0 Å². The van der Waals surface area contributed by atoms with E-state index in [9.17, 15) is 5.11 Å². The van der Waals surface area contributed by atoms with Crippen LogP contribution in [0.4, 0.5) is 0 Å². The molecule has 0 amide bonds. The van der Waals surface area contributed by atoms with Crippen LogP contribution in [0, 0.1) is 0 Å². The van der Waals surface area contributed by atoms with Gasteiger partial charge < -0.3 is 10.8 Å². The highest BCUT2D eigenvalue weighted by Crippen LogP contribution is 2.23. The van der Waals surface area contributed by atoms with E-state index in [0.717, 1.165) is 25.7 Å². The Morgan fingerprint density at radius 1 is 1.11 bits per heavy atom. The van der Waals surface area contributed by atoms with Crippen molar-refractivity contribution in [3.05, 3.63) is 35.4 Å². The largest absolute Gasteiger partial charge is 0.391 e. The van der Waals surface area contributed by atoms with Crippen molar-refractivity contribution >= 4 is 0 Å². The molecule has 0 aromatic heterocycles. The summed E-state index contributed by atoms with van der Waals surface area (Å²) in [6, 6.07) is 8.69. The Labute approximate surface area is 118 Å². The summed E-state index contributed by atoms with van der Waals surface area (Å²) >= 11 is 0. The minimum absolute atomic E-state index is 0.0909. The molecule has 0 fully saturated rings. The Balaban J connectivity index is 2.54. The lowest BCUT2D eigenvalue weighted by Gasteiger charge is -2.22. The minimum atomic E-state index is -0.398. The van der Waals surface area contributed by atoms with Crippen LogP contribution in [0.25, 0.3) is 0 Å². The number of hydrogen-bond acceptors (Lipinski definition) is 2. The van der Waals surface area contributed by atoms with Gasteiger partial charge in [-0.2, -0.15) is 0 Å². The molecule has 3 unspecified atom stereocenters. The van der Waals surface area contributed by atoms with Gasteiger partial charge in [-0.3, -0.25) is 0 Å². The summed E-state index contributed by atoms with van der Waals surface area (Å²) < 4.78 is 0. The molecular weight excluding hydrogens is 234 g/mol. The molecule has 0 aliphatic carbocycles. The summed E-state index contributed by atoms with van der Waals surface area (Å²) in [6.07, 6.45) is 4.58. The van der Waals surface area contributed by atoms with Crippen molar-refractivity contribution in [1.29, 1.82) is 0 Å². The highest BCUT2D eigenvalue weighted by molar-refractivity contribution is 5.25. The second-order valence-electron chi connectivity index (χ2n) is 5.65. The quantitative estimate of drug-likeness (QED) is 0.752. The molecule has 3 atom stereocenters. The molecule has 0 aliphatic rings. The van der Waals surface area contributed by atoms with Crippen LogP contribution in [0.15, 0.2) is 24.3 Å². The first kappa shape index (κ1) is 16.2. The zero-order valence-electron chi connectivity index (χ0n) is 12.6. The lowest BCUT2D eigenvalue weighted by molar-refractivity contribution is 0.124. The van der Waals surface area contributed by atoms with E-state index in [2.05, 4.69) is 45.0 Å². The maximum absolute atomic E-state index is 10.1. The number of hydrogen-bond donors (Lipinski definition) is 2. The van der Waals surface area contributed by atoms with Crippen LogP contribution >= 0.6 is 0 Å². The van der Waals surface area contributed by atoms with Gasteiger partial charge >= 0.3 is 0 Å². The molecule has 1 aromatic rings. The monoisotopic (exact) mass is 263 g/mol. The van der Waals surface area contributed by atoms with Gasteiger partial charge in [0.2, 0.25) is 0 Å². The SMILES string of the molecule is CCCc1ccc(C(C)CC(O)C(N)CCC)cc1. The highest BCUT2D eigenvalue weighted by Gasteiger charge is 2.18. The van der Waals surface area contributed by atoms with Gasteiger partial charge in [0.25, 0.3) is 0 Å². The van der Waals surface area contributed by atoms with E-state index in [1.54, 1.807) is 0 Å². The first-order chi connectivity index (χ1) is 9.08. The van der Waals surface area contributed by atoms with Crippen LogP contribution in [0.5, 0.6) is 0 Å². The Bertz CT molecular complexity index is 347. The van der Waals surface area contributed by atoms with Crippen LogP contribution in [0.1, 0.15) is 63.5 Å². The van der Waals surface area contributed by atoms with Gasteiger partial charge in [0.05, 0.1) is 6.10 Å². The highest BCUT2D eigenvalue weighted by atomic mass is 16.3. The fourth-order valence-electron chi connectivity index (χ4n) is 2.50. The standard InChI is InChI=1S/C17H29NO/c1-4-6-14-8-10-15(11-9-14)13(3)12-17(19)16(18)7-5-2/h8-11,13,16-17,19H,4-7,12,18H2,1-3H3. The number of nitrogens with two attached hydrogens (primary N) is 1. The van der Waals surface area contributed by atoms with Crippen LogP contribution in [0.2, 0.25) is 0 Å². The fraction of sp³-hybridized carbons (Fsp3) is 0.647. The average molecular weight is 263 g/mol. The smallest absolute Gasteiger partial charge is 0.0696 e. The van der Waals surface area contributed by atoms with E-state index in [4.69, 9.17) is 5.73 Å². The molecule has 2 nitrogen and oxygen atoms in total. The summed E-state index contributed by atoms with van der Waals surface area (Å²) in [7, 11) is 0. The van der Waals surface area contributed by atoms with Gasteiger partial charge in [-0.1, -0.05) is 57.9 Å². The number of benzene rings is 1. The molecule has 0 saturated carbocycles. The van der Waals surface area contributed by atoms with E-state index < -0.39 is 6.10 Å². The molecule has 0 saturated heterocycles. The van der Waals surface area contributed by atoms with Crippen LogP contribution in [-0.4, -0.2) is 17.3 Å². The molecule has 0 spiro atoms. The number of rotatable bonds is 8. The van der Waals surface area contributed by atoms with E-state index in [0.29, 0.717) is 5.92 Å². The van der Waals surface area contributed by atoms with Crippen molar-refractivity contribution in [3.8, 4) is 0 Å². The van der Waals surface area contributed by atoms with E-state index in [1.807, 2.05) is 0 Å². The van der Waals surface area contributed by atoms with E-state index in [1.165, 1.54) is 17.5 Å². The number of aliphatic hydroxyl groups excluding tert-OH is 1. The fourth-order valence-corrected chi connectivity index (χ4v) is 2.50. The summed E-state index contributed by atoms with van der Waals surface area (Å²) in [5.74, 6) is 0.355. The van der Waals surface area contributed by atoms with Crippen molar-refractivity contribution in [2.75, 3.05) is 0 Å². The van der Waals surface area contributed by atoms with Crippen molar-refractivity contribution in [3.63, 3.8) is 0 Å². The third-order valence-corrected chi connectivity index (χ3v) is 3.80. The summed E-state index contributed by atoms with van der Waals surface area (Å²) in [4.78, 5) is 0. The maximum Gasteiger partial charge on any atom is 0.0696 e. The van der Waals surface area contributed by atoms with Gasteiger partial charge in [0.15, 0.2) is 0 Å². The molecule has 0 heterocycles. The molecule has 2 heteroatoms. The number of aryl methyl sites for hydroxylation is 1. The minimum Gasteiger partial charge on any atom is -0.391 e. The predicted octanol–water partition coefficient (Wildman–Crippen LogP) is 3.62. The predicted molar refractivity (Wildman–Crippen MR) is 82.4 cm³/mol. The van der Waals surface area contributed by atoms with Gasteiger partial charge in [-0.15, -0.1) is 0 Å². The second kappa shape index (κ2) is 8.34. The Hall–Kier alpha value is -0.860. The lowest BCUT2D eigenvalue weighted by Crippen LogP contribution is -2.35. The first-order valence-corrected chi connectivity index (χ1v) is 7.60. The molecular formula is C17H29NO. The average Bonchev–Trinajstić information content (AvgIpc) is 2.40. The summed E-state index contributed by atoms with van der Waals surface area (Å²) in [6.45, 7) is 6.46. The zero-order valence-corrected chi connectivity index (χ0v) is 12.6. The Morgan fingerprint density at radius 2 is 1.74 bits per heavy atom. The summed E-state index contributed by atoms with van der Waals surface area (Å²) in [5.41, 5.74) is 8.65. The number of aliphatic hydroxyl groups is 1. The maximum atomic E-state index is 10.1. The molecule has 1 rings (SSSR count). The Morgan fingerprint density at radius 3 is 2.26 bits per heavy atom. The molecule has 0 aliphatic heterocycles. The topological polar surface area (TPSA) is 46.2 Å². The third kappa shape index (κ3) is 5.33. The molecule has 108 valence electrons. The third-order valence-electron chi connectivity index (χ3n) is 3.80. The molecule has 3 N–H and O–H groups in total. The van der Waals surface area contributed by atoms with Crippen LogP contribution < -0.4 is 5.73 Å².